The molecule has 1 atom stereocenters. The van der Waals surface area contributed by atoms with E-state index in [1.54, 1.807) is 0 Å². The van der Waals surface area contributed by atoms with Crippen LogP contribution in [0.4, 0.5) is 4.39 Å². The molecular formula is C22H18FN. The van der Waals surface area contributed by atoms with E-state index in [2.05, 4.69) is 6.07 Å². The van der Waals surface area contributed by atoms with E-state index in [0.717, 1.165) is 35.8 Å². The zero-order valence-corrected chi connectivity index (χ0v) is 13.6. The summed E-state index contributed by atoms with van der Waals surface area (Å²) in [6.07, 6.45) is 2.67. The lowest BCUT2D eigenvalue weighted by Gasteiger charge is -2.26. The zero-order chi connectivity index (χ0) is 16.7. The summed E-state index contributed by atoms with van der Waals surface area (Å²) in [5.41, 5.74) is 5.16. The molecule has 0 radical (unpaired) electrons. The molecule has 4 rings (SSSR count). The third kappa shape index (κ3) is 2.47. The van der Waals surface area contributed by atoms with Crippen molar-refractivity contribution in [2.75, 3.05) is 0 Å². The molecule has 0 amide bonds. The highest BCUT2D eigenvalue weighted by Crippen LogP contribution is 2.36. The Hall–Kier alpha value is -2.66. The van der Waals surface area contributed by atoms with Crippen molar-refractivity contribution in [3.63, 3.8) is 0 Å². The van der Waals surface area contributed by atoms with Crippen molar-refractivity contribution in [3.8, 4) is 6.07 Å². The van der Waals surface area contributed by atoms with E-state index in [0.29, 0.717) is 10.9 Å². The lowest BCUT2D eigenvalue weighted by molar-refractivity contribution is 0.539. The van der Waals surface area contributed by atoms with Crippen molar-refractivity contribution in [1.29, 1.82) is 5.26 Å². The Bertz CT molecular complexity index is 981. The average Bonchev–Trinajstić information content (AvgIpc) is 2.61. The molecule has 0 saturated carbocycles. The number of benzene rings is 3. The monoisotopic (exact) mass is 315 g/mol. The third-order valence-corrected chi connectivity index (χ3v) is 5.14. The predicted octanol–water partition coefficient (Wildman–Crippen LogP) is 5.43. The van der Waals surface area contributed by atoms with E-state index < -0.39 is 0 Å². The normalized spacial score (nSPS) is 16.6. The molecule has 0 saturated heterocycles. The van der Waals surface area contributed by atoms with Gasteiger partial charge in [0.05, 0.1) is 11.6 Å². The first kappa shape index (κ1) is 14.9. The van der Waals surface area contributed by atoms with Gasteiger partial charge in [0.1, 0.15) is 5.82 Å². The number of halogens is 1. The molecule has 0 heterocycles. The van der Waals surface area contributed by atoms with Crippen LogP contribution in [-0.2, 0) is 12.8 Å². The second-order valence-corrected chi connectivity index (χ2v) is 6.73. The molecule has 1 aliphatic rings. The van der Waals surface area contributed by atoms with Gasteiger partial charge in [0.2, 0.25) is 0 Å². The van der Waals surface area contributed by atoms with Gasteiger partial charge in [0.25, 0.3) is 0 Å². The maximum Gasteiger partial charge on any atom is 0.134 e. The van der Waals surface area contributed by atoms with Crippen molar-refractivity contribution in [2.45, 2.75) is 32.1 Å². The summed E-state index contributed by atoms with van der Waals surface area (Å²) in [6.45, 7) is 2.03. The summed E-state index contributed by atoms with van der Waals surface area (Å²) in [6, 6.07) is 17.9. The van der Waals surface area contributed by atoms with Crippen molar-refractivity contribution < 1.29 is 4.39 Å². The lowest BCUT2D eigenvalue weighted by Crippen LogP contribution is -2.14. The molecule has 0 N–H and O–H groups in total. The van der Waals surface area contributed by atoms with Crippen LogP contribution in [0, 0.1) is 24.1 Å². The Kier molecular flexibility index (Phi) is 3.58. The van der Waals surface area contributed by atoms with Gasteiger partial charge in [-0.15, -0.1) is 0 Å². The Morgan fingerprint density at radius 1 is 1.04 bits per heavy atom. The van der Waals surface area contributed by atoms with Gasteiger partial charge in [-0.3, -0.25) is 0 Å². The summed E-state index contributed by atoms with van der Waals surface area (Å²) < 4.78 is 15.0. The van der Waals surface area contributed by atoms with Crippen molar-refractivity contribution in [1.82, 2.24) is 0 Å². The van der Waals surface area contributed by atoms with E-state index >= 15 is 4.39 Å². The Labute approximate surface area is 141 Å². The molecule has 118 valence electrons. The molecule has 0 fully saturated rings. The Balaban J connectivity index is 1.72. The number of hydrogen-bond acceptors (Lipinski definition) is 1. The minimum atomic E-state index is -0.0744. The molecule has 0 aromatic heterocycles. The van der Waals surface area contributed by atoms with Crippen LogP contribution >= 0.6 is 0 Å². The molecule has 0 bridgehead atoms. The standard InChI is InChI=1S/C22H18FN/c1-14-2-8-20-18(10-14)7-9-21(22(20)23)19-6-5-16-11-15(13-24)3-4-17(16)12-19/h2-4,7-11,19H,5-6,12H2,1H3. The van der Waals surface area contributed by atoms with Gasteiger partial charge in [-0.2, -0.15) is 5.26 Å². The highest BCUT2D eigenvalue weighted by atomic mass is 19.1. The van der Waals surface area contributed by atoms with Crippen LogP contribution in [0.15, 0.2) is 48.5 Å². The Morgan fingerprint density at radius 3 is 2.75 bits per heavy atom. The van der Waals surface area contributed by atoms with Gasteiger partial charge in [-0.25, -0.2) is 4.39 Å². The minimum absolute atomic E-state index is 0.0744. The molecule has 1 unspecified atom stereocenters. The van der Waals surface area contributed by atoms with Crippen LogP contribution in [0.1, 0.15) is 40.2 Å². The van der Waals surface area contributed by atoms with Gasteiger partial charge in [-0.1, -0.05) is 42.0 Å². The van der Waals surface area contributed by atoms with Crippen molar-refractivity contribution >= 4 is 10.8 Å². The maximum absolute atomic E-state index is 15.0. The van der Waals surface area contributed by atoms with E-state index in [9.17, 15) is 0 Å². The van der Waals surface area contributed by atoms with Gasteiger partial charge in [0.15, 0.2) is 0 Å². The molecule has 3 aromatic rings. The zero-order valence-electron chi connectivity index (χ0n) is 13.6. The number of nitriles is 1. The first-order chi connectivity index (χ1) is 11.7. The number of fused-ring (bicyclic) bond motifs is 2. The van der Waals surface area contributed by atoms with Crippen LogP contribution < -0.4 is 0 Å². The van der Waals surface area contributed by atoms with E-state index in [4.69, 9.17) is 5.26 Å². The summed E-state index contributed by atoms with van der Waals surface area (Å²) in [4.78, 5) is 0. The van der Waals surface area contributed by atoms with Crippen molar-refractivity contribution in [2.24, 2.45) is 0 Å². The van der Waals surface area contributed by atoms with E-state index in [1.807, 2.05) is 55.5 Å². The fraction of sp³-hybridized carbons (Fsp3) is 0.227. The number of aryl methyl sites for hydroxylation is 2. The molecule has 1 nitrogen and oxygen atoms in total. The van der Waals surface area contributed by atoms with Gasteiger partial charge in [0, 0.05) is 5.39 Å². The largest absolute Gasteiger partial charge is 0.206 e. The van der Waals surface area contributed by atoms with Crippen LogP contribution in [0.3, 0.4) is 0 Å². The van der Waals surface area contributed by atoms with Crippen LogP contribution in [-0.4, -0.2) is 0 Å². The van der Waals surface area contributed by atoms with Crippen LogP contribution in [0.2, 0.25) is 0 Å². The predicted molar refractivity (Wildman–Crippen MR) is 94.6 cm³/mol. The first-order valence-corrected chi connectivity index (χ1v) is 8.36. The molecule has 24 heavy (non-hydrogen) atoms. The van der Waals surface area contributed by atoms with Gasteiger partial charge >= 0.3 is 0 Å². The molecule has 3 aromatic carbocycles. The second kappa shape index (κ2) is 5.76. The quantitative estimate of drug-likeness (QED) is 0.587. The minimum Gasteiger partial charge on any atom is -0.206 e. The van der Waals surface area contributed by atoms with Gasteiger partial charge in [-0.05, 0) is 66.3 Å². The molecular weight excluding hydrogens is 297 g/mol. The van der Waals surface area contributed by atoms with Crippen molar-refractivity contribution in [3.05, 3.63) is 82.2 Å². The highest BCUT2D eigenvalue weighted by Gasteiger charge is 2.23. The van der Waals surface area contributed by atoms with E-state index in [1.165, 1.54) is 11.1 Å². The summed E-state index contributed by atoms with van der Waals surface area (Å²) >= 11 is 0. The number of hydrogen-bond donors (Lipinski definition) is 0. The number of rotatable bonds is 1. The lowest BCUT2D eigenvalue weighted by atomic mass is 9.79. The van der Waals surface area contributed by atoms with E-state index in [-0.39, 0.29) is 11.7 Å². The summed E-state index contributed by atoms with van der Waals surface area (Å²) in [5, 5.41) is 10.7. The Morgan fingerprint density at radius 2 is 1.92 bits per heavy atom. The molecule has 2 heteroatoms. The SMILES string of the molecule is Cc1ccc2c(F)c(C3CCc4cc(C#N)ccc4C3)ccc2c1. The van der Waals surface area contributed by atoms with Crippen LogP contribution in [0.5, 0.6) is 0 Å². The summed E-state index contributed by atoms with van der Waals surface area (Å²) in [7, 11) is 0. The molecule has 0 aliphatic heterocycles. The maximum atomic E-state index is 15.0. The first-order valence-electron chi connectivity index (χ1n) is 8.36. The average molecular weight is 315 g/mol. The molecule has 0 spiro atoms. The third-order valence-electron chi connectivity index (χ3n) is 5.14. The topological polar surface area (TPSA) is 23.8 Å². The smallest absolute Gasteiger partial charge is 0.134 e. The highest BCUT2D eigenvalue weighted by molar-refractivity contribution is 5.84. The fourth-order valence-corrected chi connectivity index (χ4v) is 3.83. The van der Waals surface area contributed by atoms with Crippen LogP contribution in [0.25, 0.3) is 10.8 Å². The molecule has 1 aliphatic carbocycles. The van der Waals surface area contributed by atoms with Gasteiger partial charge < -0.3 is 0 Å². The summed E-state index contributed by atoms with van der Waals surface area (Å²) in [5.74, 6) is 0.130. The number of nitrogens with zero attached hydrogens (tertiary/aromatic N) is 1. The fourth-order valence-electron chi connectivity index (χ4n) is 3.83. The second-order valence-electron chi connectivity index (χ2n) is 6.73.